The van der Waals surface area contributed by atoms with Crippen molar-refractivity contribution in [1.82, 2.24) is 14.7 Å². The van der Waals surface area contributed by atoms with Crippen LogP contribution in [0.25, 0.3) is 0 Å². The largest absolute Gasteiger partial charge is 0.298 e. The molecule has 0 N–H and O–H groups in total. The maximum Gasteiger partial charge on any atom is 0.123 e. The molecule has 1 aliphatic rings. The average Bonchev–Trinajstić information content (AvgIpc) is 2.75. The lowest BCUT2D eigenvalue weighted by molar-refractivity contribution is 0.0777. The van der Waals surface area contributed by atoms with Crippen LogP contribution in [0, 0.1) is 18.7 Å². The predicted octanol–water partition coefficient (Wildman–Crippen LogP) is 2.46. The number of halogens is 1. The third-order valence-electron chi connectivity index (χ3n) is 3.56. The number of hydrogen-bond acceptors (Lipinski definition) is 2. The van der Waals surface area contributed by atoms with Gasteiger partial charge in [0.15, 0.2) is 0 Å². The van der Waals surface area contributed by atoms with Gasteiger partial charge in [-0.3, -0.25) is 9.58 Å². The van der Waals surface area contributed by atoms with Crippen LogP contribution in [0.4, 0.5) is 4.39 Å². The quantitative estimate of drug-likeness (QED) is 0.841. The van der Waals surface area contributed by atoms with Gasteiger partial charge in [-0.1, -0.05) is 12.1 Å². The van der Waals surface area contributed by atoms with Crippen LogP contribution < -0.4 is 0 Å². The Kier molecular flexibility index (Phi) is 3.34. The molecule has 1 aromatic carbocycles. The Bertz CT molecular complexity index is 541. The molecule has 0 atom stereocenters. The van der Waals surface area contributed by atoms with Crippen molar-refractivity contribution in [3.63, 3.8) is 0 Å². The van der Waals surface area contributed by atoms with E-state index < -0.39 is 0 Å². The monoisotopic (exact) mass is 259 g/mol. The molecule has 100 valence electrons. The van der Waals surface area contributed by atoms with E-state index >= 15 is 0 Å². The zero-order valence-corrected chi connectivity index (χ0v) is 11.1. The molecule has 0 radical (unpaired) electrons. The summed E-state index contributed by atoms with van der Waals surface area (Å²) < 4.78 is 14.8. The number of hydrogen-bond donors (Lipinski definition) is 0. The molecule has 0 unspecified atom stereocenters. The Morgan fingerprint density at radius 2 is 2.00 bits per heavy atom. The first kappa shape index (κ1) is 12.4. The zero-order valence-electron chi connectivity index (χ0n) is 11.1. The summed E-state index contributed by atoms with van der Waals surface area (Å²) >= 11 is 0. The fourth-order valence-electron chi connectivity index (χ4n) is 2.60. The Hall–Kier alpha value is -1.68. The second-order valence-electron chi connectivity index (χ2n) is 5.43. The van der Waals surface area contributed by atoms with Crippen molar-refractivity contribution in [3.8, 4) is 0 Å². The van der Waals surface area contributed by atoms with Crippen molar-refractivity contribution in [1.29, 1.82) is 0 Å². The normalized spacial score (nSPS) is 16.5. The first-order valence-corrected chi connectivity index (χ1v) is 6.65. The number of likely N-dealkylation sites (tertiary alicyclic amines) is 1. The molecule has 0 aliphatic carbocycles. The van der Waals surface area contributed by atoms with Gasteiger partial charge in [0, 0.05) is 38.3 Å². The van der Waals surface area contributed by atoms with E-state index in [0.717, 1.165) is 26.2 Å². The third kappa shape index (κ3) is 3.01. The topological polar surface area (TPSA) is 21.1 Å². The lowest BCUT2D eigenvalue weighted by Crippen LogP contribution is -2.47. The maximum absolute atomic E-state index is 12.8. The van der Waals surface area contributed by atoms with Crippen molar-refractivity contribution in [3.05, 3.63) is 53.6 Å². The molecule has 4 heteroatoms. The molecule has 19 heavy (non-hydrogen) atoms. The summed E-state index contributed by atoms with van der Waals surface area (Å²) in [5.41, 5.74) is 2.39. The van der Waals surface area contributed by atoms with Crippen molar-refractivity contribution < 1.29 is 4.39 Å². The van der Waals surface area contributed by atoms with Crippen LogP contribution in [-0.2, 0) is 13.1 Å². The summed E-state index contributed by atoms with van der Waals surface area (Å²) in [7, 11) is 0. The Morgan fingerprint density at radius 1 is 1.26 bits per heavy atom. The second-order valence-corrected chi connectivity index (χ2v) is 5.43. The first-order valence-electron chi connectivity index (χ1n) is 6.65. The van der Waals surface area contributed by atoms with Crippen LogP contribution in [-0.4, -0.2) is 27.8 Å². The summed E-state index contributed by atoms with van der Waals surface area (Å²) in [5, 5.41) is 4.31. The number of benzene rings is 1. The van der Waals surface area contributed by atoms with Crippen molar-refractivity contribution in [2.75, 3.05) is 13.1 Å². The number of nitrogens with zero attached hydrogens (tertiary/aromatic N) is 3. The molecule has 3 nitrogen and oxygen atoms in total. The first-order chi connectivity index (χ1) is 9.19. The van der Waals surface area contributed by atoms with Crippen LogP contribution in [0.2, 0.25) is 0 Å². The van der Waals surface area contributed by atoms with Gasteiger partial charge in [-0.2, -0.15) is 5.10 Å². The fraction of sp³-hybridized carbons (Fsp3) is 0.400. The van der Waals surface area contributed by atoms with Gasteiger partial charge in [0.25, 0.3) is 0 Å². The van der Waals surface area contributed by atoms with E-state index in [9.17, 15) is 4.39 Å². The average molecular weight is 259 g/mol. The summed E-state index contributed by atoms with van der Waals surface area (Å²) in [5.74, 6) is 0.513. The second kappa shape index (κ2) is 5.13. The van der Waals surface area contributed by atoms with Gasteiger partial charge < -0.3 is 0 Å². The van der Waals surface area contributed by atoms with Crippen LogP contribution in [0.1, 0.15) is 11.1 Å². The molecule has 0 saturated carbocycles. The summed E-state index contributed by atoms with van der Waals surface area (Å²) in [6, 6.07) is 6.78. The SMILES string of the molecule is Cc1cnn(CC2CN(Cc3ccc(F)cc3)C2)c1. The standard InChI is InChI=1S/C15H18FN3/c1-12-6-17-19(7-12)11-14-9-18(10-14)8-13-2-4-15(16)5-3-13/h2-7,14H,8-11H2,1H3. The van der Waals surface area contributed by atoms with Gasteiger partial charge in [-0.25, -0.2) is 4.39 Å². The lowest BCUT2D eigenvalue weighted by Gasteiger charge is -2.39. The van der Waals surface area contributed by atoms with Gasteiger partial charge in [-0.15, -0.1) is 0 Å². The molecule has 1 fully saturated rings. The van der Waals surface area contributed by atoms with Crippen molar-refractivity contribution in [2.24, 2.45) is 5.92 Å². The highest BCUT2D eigenvalue weighted by atomic mass is 19.1. The Balaban J connectivity index is 1.46. The molecular weight excluding hydrogens is 241 g/mol. The Morgan fingerprint density at radius 3 is 2.63 bits per heavy atom. The van der Waals surface area contributed by atoms with Crippen LogP contribution in [0.5, 0.6) is 0 Å². The molecule has 0 spiro atoms. The highest BCUT2D eigenvalue weighted by Crippen LogP contribution is 2.20. The molecule has 2 heterocycles. The van der Waals surface area contributed by atoms with Gasteiger partial charge in [-0.05, 0) is 30.2 Å². The van der Waals surface area contributed by atoms with Crippen LogP contribution >= 0.6 is 0 Å². The van der Waals surface area contributed by atoms with E-state index in [1.165, 1.54) is 23.3 Å². The zero-order chi connectivity index (χ0) is 13.2. The molecule has 1 aromatic heterocycles. The maximum atomic E-state index is 12.8. The number of aryl methyl sites for hydroxylation is 1. The summed E-state index contributed by atoms with van der Waals surface area (Å²) in [4.78, 5) is 2.38. The molecular formula is C15H18FN3. The highest BCUT2D eigenvalue weighted by Gasteiger charge is 2.26. The van der Waals surface area contributed by atoms with E-state index in [0.29, 0.717) is 5.92 Å². The minimum atomic E-state index is -0.167. The van der Waals surface area contributed by atoms with E-state index in [-0.39, 0.29) is 5.82 Å². The van der Waals surface area contributed by atoms with Gasteiger partial charge in [0.05, 0.1) is 6.20 Å². The summed E-state index contributed by atoms with van der Waals surface area (Å²) in [6.45, 7) is 6.15. The number of aromatic nitrogens is 2. The molecule has 0 bridgehead atoms. The lowest BCUT2D eigenvalue weighted by atomic mass is 9.99. The van der Waals surface area contributed by atoms with Crippen molar-refractivity contribution in [2.45, 2.75) is 20.0 Å². The minimum Gasteiger partial charge on any atom is -0.298 e. The number of rotatable bonds is 4. The van der Waals surface area contributed by atoms with Gasteiger partial charge in [0.1, 0.15) is 5.82 Å². The molecule has 2 aromatic rings. The van der Waals surface area contributed by atoms with Crippen LogP contribution in [0.3, 0.4) is 0 Å². The Labute approximate surface area is 112 Å². The van der Waals surface area contributed by atoms with E-state index in [1.807, 2.05) is 23.0 Å². The van der Waals surface area contributed by atoms with Gasteiger partial charge in [0.2, 0.25) is 0 Å². The van der Waals surface area contributed by atoms with Crippen LogP contribution in [0.15, 0.2) is 36.7 Å². The summed E-state index contributed by atoms with van der Waals surface area (Å²) in [6.07, 6.45) is 3.98. The van der Waals surface area contributed by atoms with E-state index in [1.54, 1.807) is 0 Å². The predicted molar refractivity (Wildman–Crippen MR) is 72.1 cm³/mol. The highest BCUT2D eigenvalue weighted by molar-refractivity contribution is 5.16. The smallest absolute Gasteiger partial charge is 0.123 e. The van der Waals surface area contributed by atoms with E-state index in [4.69, 9.17) is 0 Å². The van der Waals surface area contributed by atoms with Gasteiger partial charge >= 0.3 is 0 Å². The molecule has 0 amide bonds. The van der Waals surface area contributed by atoms with Crippen molar-refractivity contribution >= 4 is 0 Å². The van der Waals surface area contributed by atoms with E-state index in [2.05, 4.69) is 23.1 Å². The molecule has 3 rings (SSSR count). The molecule has 1 aliphatic heterocycles. The fourth-order valence-corrected chi connectivity index (χ4v) is 2.60. The third-order valence-corrected chi connectivity index (χ3v) is 3.56. The molecule has 1 saturated heterocycles. The minimum absolute atomic E-state index is 0.167.